The van der Waals surface area contributed by atoms with Gasteiger partial charge in [0.1, 0.15) is 0 Å². The number of nitrogens with one attached hydrogen (secondary N) is 1. The number of nitrogens with two attached hydrogens (primary N) is 1. The Morgan fingerprint density at radius 1 is 1.18 bits per heavy atom. The van der Waals surface area contributed by atoms with Crippen molar-refractivity contribution in [1.82, 2.24) is 5.32 Å². The third-order valence-electron chi connectivity index (χ3n) is 4.82. The first kappa shape index (κ1) is 21.7. The molecule has 0 amide bonds. The molecule has 128 valence electrons. The Morgan fingerprint density at radius 2 is 1.77 bits per heavy atom. The first-order valence-electron chi connectivity index (χ1n) is 7.76. The molecular formula is C17H30Cl2N2O. The van der Waals surface area contributed by atoms with Gasteiger partial charge in [-0.1, -0.05) is 44.2 Å². The summed E-state index contributed by atoms with van der Waals surface area (Å²) in [4.78, 5) is 0. The molecule has 0 saturated heterocycles. The molecule has 3 nitrogen and oxygen atoms in total. The van der Waals surface area contributed by atoms with Gasteiger partial charge in [-0.25, -0.2) is 0 Å². The van der Waals surface area contributed by atoms with E-state index in [2.05, 4.69) is 31.3 Å². The third-order valence-corrected chi connectivity index (χ3v) is 4.82. The predicted molar refractivity (Wildman–Crippen MR) is 98.0 cm³/mol. The van der Waals surface area contributed by atoms with Gasteiger partial charge in [0.15, 0.2) is 0 Å². The highest BCUT2D eigenvalue weighted by molar-refractivity contribution is 5.85. The van der Waals surface area contributed by atoms with Gasteiger partial charge in [-0.15, -0.1) is 24.8 Å². The second-order valence-corrected chi connectivity index (χ2v) is 6.47. The number of hydrogen-bond acceptors (Lipinski definition) is 3. The molecule has 2 rings (SSSR count). The number of aliphatic hydroxyl groups is 1. The van der Waals surface area contributed by atoms with Crippen LogP contribution in [0.4, 0.5) is 0 Å². The molecule has 5 heteroatoms. The van der Waals surface area contributed by atoms with Crippen LogP contribution in [0.15, 0.2) is 30.3 Å². The molecule has 1 aliphatic rings. The summed E-state index contributed by atoms with van der Waals surface area (Å²) in [5.41, 5.74) is 7.54. The lowest BCUT2D eigenvalue weighted by Gasteiger charge is -2.47. The Bertz CT molecular complexity index is 410. The monoisotopic (exact) mass is 348 g/mol. The molecule has 0 aliphatic heterocycles. The van der Waals surface area contributed by atoms with E-state index in [9.17, 15) is 5.11 Å². The molecule has 0 aromatic heterocycles. The summed E-state index contributed by atoms with van der Waals surface area (Å²) in [6.07, 6.45) is 3.94. The number of hydrogen-bond donors (Lipinski definition) is 3. The molecule has 2 atom stereocenters. The zero-order chi connectivity index (χ0) is 14.6. The molecule has 4 N–H and O–H groups in total. The highest BCUT2D eigenvalue weighted by Gasteiger charge is 2.39. The summed E-state index contributed by atoms with van der Waals surface area (Å²) in [6.45, 7) is 5.09. The minimum atomic E-state index is -0.494. The maximum absolute atomic E-state index is 10.3. The Balaban J connectivity index is 0.00000220. The Hall–Kier alpha value is -0.320. The topological polar surface area (TPSA) is 58.3 Å². The summed E-state index contributed by atoms with van der Waals surface area (Å²) in [7, 11) is 0. The van der Waals surface area contributed by atoms with E-state index in [0.29, 0.717) is 12.5 Å². The van der Waals surface area contributed by atoms with Crippen molar-refractivity contribution in [3.05, 3.63) is 35.9 Å². The van der Waals surface area contributed by atoms with Crippen molar-refractivity contribution in [2.24, 2.45) is 11.7 Å². The van der Waals surface area contributed by atoms with Gasteiger partial charge < -0.3 is 16.2 Å². The van der Waals surface area contributed by atoms with E-state index in [0.717, 1.165) is 6.42 Å². The van der Waals surface area contributed by atoms with Gasteiger partial charge in [0.25, 0.3) is 0 Å². The largest absolute Gasteiger partial charge is 0.390 e. The van der Waals surface area contributed by atoms with Crippen molar-refractivity contribution >= 4 is 24.8 Å². The van der Waals surface area contributed by atoms with Crippen LogP contribution < -0.4 is 11.1 Å². The van der Waals surface area contributed by atoms with Gasteiger partial charge in [-0.2, -0.15) is 0 Å². The van der Waals surface area contributed by atoms with Crippen molar-refractivity contribution in [3.8, 4) is 0 Å². The highest BCUT2D eigenvalue weighted by atomic mass is 35.5. The molecule has 1 aromatic carbocycles. The van der Waals surface area contributed by atoms with E-state index in [1.807, 2.05) is 18.2 Å². The summed E-state index contributed by atoms with van der Waals surface area (Å²) in [6, 6.07) is 9.91. The summed E-state index contributed by atoms with van der Waals surface area (Å²) >= 11 is 0. The Labute approximate surface area is 146 Å². The maximum atomic E-state index is 10.3. The Kier molecular flexibility index (Phi) is 9.60. The van der Waals surface area contributed by atoms with E-state index in [4.69, 9.17) is 5.73 Å². The fourth-order valence-corrected chi connectivity index (χ4v) is 3.00. The lowest BCUT2D eigenvalue weighted by molar-refractivity contribution is 0.0785. The molecule has 1 aromatic rings. The molecule has 1 fully saturated rings. The minimum Gasteiger partial charge on any atom is -0.390 e. The zero-order valence-corrected chi connectivity index (χ0v) is 15.1. The van der Waals surface area contributed by atoms with Gasteiger partial charge >= 0.3 is 0 Å². The fourth-order valence-electron chi connectivity index (χ4n) is 3.00. The van der Waals surface area contributed by atoms with E-state index >= 15 is 0 Å². The molecule has 22 heavy (non-hydrogen) atoms. The average Bonchev–Trinajstić information content (AvgIpc) is 2.37. The van der Waals surface area contributed by atoms with Crippen LogP contribution in [-0.4, -0.2) is 29.3 Å². The zero-order valence-electron chi connectivity index (χ0n) is 13.5. The second-order valence-electron chi connectivity index (χ2n) is 6.47. The average molecular weight is 349 g/mol. The number of benzene rings is 1. The fraction of sp³-hybridized carbons (Fsp3) is 0.647. The van der Waals surface area contributed by atoms with Crippen LogP contribution >= 0.6 is 24.8 Å². The van der Waals surface area contributed by atoms with Crippen molar-refractivity contribution in [1.29, 1.82) is 0 Å². The van der Waals surface area contributed by atoms with Crippen LogP contribution in [0.2, 0.25) is 0 Å². The minimum absolute atomic E-state index is 0. The van der Waals surface area contributed by atoms with Crippen molar-refractivity contribution in [2.45, 2.75) is 57.2 Å². The Morgan fingerprint density at radius 3 is 2.23 bits per heavy atom. The lowest BCUT2D eigenvalue weighted by atomic mass is 9.69. The molecule has 1 aliphatic carbocycles. The quantitative estimate of drug-likeness (QED) is 0.709. The number of aliphatic hydroxyl groups excluding tert-OH is 1. The van der Waals surface area contributed by atoms with Gasteiger partial charge in [0.05, 0.1) is 6.10 Å². The number of rotatable bonds is 7. The van der Waals surface area contributed by atoms with E-state index in [1.54, 1.807) is 0 Å². The normalized spacial score (nSPS) is 18.6. The van der Waals surface area contributed by atoms with Crippen LogP contribution in [0, 0.1) is 5.92 Å². The van der Waals surface area contributed by atoms with Gasteiger partial charge in [0, 0.05) is 18.1 Å². The molecule has 0 radical (unpaired) electrons. The first-order chi connectivity index (χ1) is 9.53. The maximum Gasteiger partial charge on any atom is 0.0818 e. The van der Waals surface area contributed by atoms with Crippen molar-refractivity contribution in [2.75, 3.05) is 6.54 Å². The SMILES string of the molecule is CC(C)C1(NC[C@@H](O)[C@@H](N)Cc2ccccc2)CCC1.Cl.Cl. The summed E-state index contributed by atoms with van der Waals surface area (Å²) in [5.74, 6) is 0.605. The van der Waals surface area contributed by atoms with Crippen LogP contribution in [0.5, 0.6) is 0 Å². The summed E-state index contributed by atoms with van der Waals surface area (Å²) in [5, 5.41) is 13.8. The van der Waals surface area contributed by atoms with Gasteiger partial charge in [0.2, 0.25) is 0 Å². The van der Waals surface area contributed by atoms with E-state index in [-0.39, 0.29) is 36.4 Å². The van der Waals surface area contributed by atoms with Gasteiger partial charge in [-0.3, -0.25) is 0 Å². The van der Waals surface area contributed by atoms with Crippen molar-refractivity contribution in [3.63, 3.8) is 0 Å². The number of halogens is 2. The van der Waals surface area contributed by atoms with Crippen LogP contribution in [-0.2, 0) is 6.42 Å². The predicted octanol–water partition coefficient (Wildman–Crippen LogP) is 2.93. The van der Waals surface area contributed by atoms with Gasteiger partial charge in [-0.05, 0) is 37.2 Å². The first-order valence-corrected chi connectivity index (χ1v) is 7.76. The van der Waals surface area contributed by atoms with Crippen LogP contribution in [0.1, 0.15) is 38.7 Å². The molecule has 0 heterocycles. The van der Waals surface area contributed by atoms with Crippen LogP contribution in [0.25, 0.3) is 0 Å². The molecule has 0 bridgehead atoms. The molecular weight excluding hydrogens is 319 g/mol. The highest BCUT2D eigenvalue weighted by Crippen LogP contribution is 2.38. The smallest absolute Gasteiger partial charge is 0.0818 e. The number of β-amino-alcohol motifs (C(OH)–C–C–N with tert-alkyl or cyclic N) is 1. The molecule has 0 unspecified atom stereocenters. The second kappa shape index (κ2) is 9.74. The van der Waals surface area contributed by atoms with E-state index in [1.165, 1.54) is 24.8 Å². The summed E-state index contributed by atoms with van der Waals surface area (Å²) < 4.78 is 0. The third kappa shape index (κ3) is 5.39. The lowest BCUT2D eigenvalue weighted by Crippen LogP contribution is -2.58. The molecule has 0 spiro atoms. The standard InChI is InChI=1S/C17H28N2O.2ClH/c1-13(2)17(9-6-10-17)19-12-16(20)15(18)11-14-7-4-3-5-8-14;;/h3-5,7-8,13,15-16,19-20H,6,9-12,18H2,1-2H3;2*1H/t15-,16+;;/m0../s1. The molecule has 1 saturated carbocycles. The van der Waals surface area contributed by atoms with Crippen molar-refractivity contribution < 1.29 is 5.11 Å². The van der Waals surface area contributed by atoms with Crippen LogP contribution in [0.3, 0.4) is 0 Å². The van der Waals surface area contributed by atoms with E-state index < -0.39 is 6.10 Å².